The third-order valence-corrected chi connectivity index (χ3v) is 10.6. The van der Waals surface area contributed by atoms with E-state index in [-0.39, 0.29) is 0 Å². The predicted octanol–water partition coefficient (Wildman–Crippen LogP) is 8.51. The van der Waals surface area contributed by atoms with Crippen LogP contribution in [0.3, 0.4) is 0 Å². The summed E-state index contributed by atoms with van der Waals surface area (Å²) in [5.74, 6) is 3.98. The van der Waals surface area contributed by atoms with E-state index in [4.69, 9.17) is 4.74 Å². The Labute approximate surface area is 264 Å². The summed E-state index contributed by atoms with van der Waals surface area (Å²) in [6.07, 6.45) is 4.51. The van der Waals surface area contributed by atoms with Crippen LogP contribution in [0.2, 0.25) is 0 Å². The molecule has 5 nitrogen and oxygen atoms in total. The maximum absolute atomic E-state index is 7.03. The molecule has 8 aromatic rings. The number of hydrogen-bond acceptors (Lipinski definition) is 2. The number of anilines is 3. The Hall–Kier alpha value is -6.20. The summed E-state index contributed by atoms with van der Waals surface area (Å²) in [7, 11) is 0. The minimum atomic E-state index is -0.754. The van der Waals surface area contributed by atoms with Crippen molar-refractivity contribution in [2.75, 3.05) is 4.90 Å². The second-order valence-corrected chi connectivity index (χ2v) is 12.6. The van der Waals surface area contributed by atoms with Gasteiger partial charge in [0.2, 0.25) is 0 Å². The molecule has 0 bridgehead atoms. The van der Waals surface area contributed by atoms with E-state index >= 15 is 0 Å². The van der Waals surface area contributed by atoms with Crippen LogP contribution in [0.15, 0.2) is 146 Å². The van der Waals surface area contributed by atoms with Crippen LogP contribution in [-0.4, -0.2) is 4.57 Å². The third-order valence-electron chi connectivity index (χ3n) is 10.6. The second kappa shape index (κ2) is 7.71. The number of aromatic nitrogens is 3. The molecule has 1 spiro atoms. The van der Waals surface area contributed by atoms with Crippen LogP contribution < -0.4 is 18.8 Å². The average molecular weight is 589 g/mol. The van der Waals surface area contributed by atoms with E-state index in [9.17, 15) is 0 Å². The normalized spacial score (nSPS) is 16.9. The lowest BCUT2D eigenvalue weighted by molar-refractivity contribution is -0.965. The van der Waals surface area contributed by atoms with Gasteiger partial charge in [-0.1, -0.05) is 66.7 Å². The molecule has 0 radical (unpaired) electrons. The van der Waals surface area contributed by atoms with E-state index in [1.807, 2.05) is 0 Å². The van der Waals surface area contributed by atoms with Crippen LogP contribution in [0.25, 0.3) is 49.9 Å². The van der Waals surface area contributed by atoms with Crippen molar-refractivity contribution in [3.8, 4) is 39.6 Å². The molecule has 1 unspecified atom stereocenters. The molecule has 0 N–H and O–H groups in total. The van der Waals surface area contributed by atoms with Crippen molar-refractivity contribution < 1.29 is 13.9 Å². The quantitative estimate of drug-likeness (QED) is 0.166. The lowest BCUT2D eigenvalue weighted by atomic mass is 9.79. The van der Waals surface area contributed by atoms with Crippen LogP contribution in [0.1, 0.15) is 11.1 Å². The Morgan fingerprint density at radius 1 is 0.500 bits per heavy atom. The van der Waals surface area contributed by atoms with Gasteiger partial charge in [-0.05, 0) is 65.7 Å². The van der Waals surface area contributed by atoms with Gasteiger partial charge >= 0.3 is 5.66 Å². The maximum atomic E-state index is 7.03. The lowest BCUT2D eigenvalue weighted by Gasteiger charge is -2.43. The molecule has 5 aromatic carbocycles. The zero-order chi connectivity index (χ0) is 29.7. The van der Waals surface area contributed by atoms with E-state index in [2.05, 4.69) is 164 Å². The van der Waals surface area contributed by atoms with Gasteiger partial charge in [0.15, 0.2) is 11.2 Å². The van der Waals surface area contributed by atoms with Crippen LogP contribution in [0, 0.1) is 0 Å². The van der Waals surface area contributed by atoms with Gasteiger partial charge in [-0.15, -0.1) is 0 Å². The van der Waals surface area contributed by atoms with Crippen molar-refractivity contribution in [3.63, 3.8) is 0 Å². The molecule has 46 heavy (non-hydrogen) atoms. The first-order valence-corrected chi connectivity index (χ1v) is 15.8. The first kappa shape index (κ1) is 23.2. The first-order valence-electron chi connectivity index (χ1n) is 15.8. The Kier molecular flexibility index (Phi) is 3.89. The molecule has 7 heterocycles. The number of rotatable bonds is 0. The number of benzene rings is 5. The van der Waals surface area contributed by atoms with Crippen molar-refractivity contribution in [1.82, 2.24) is 4.57 Å². The second-order valence-electron chi connectivity index (χ2n) is 12.6. The summed E-state index contributed by atoms with van der Waals surface area (Å²) in [5, 5.41) is 2.47. The maximum Gasteiger partial charge on any atom is 0.321 e. The monoisotopic (exact) mass is 588 g/mol. The molecule has 0 fully saturated rings. The van der Waals surface area contributed by atoms with Crippen molar-refractivity contribution in [2.24, 2.45) is 0 Å². The molecule has 4 aliphatic heterocycles. The highest BCUT2D eigenvalue weighted by molar-refractivity contribution is 6.12. The molecule has 12 rings (SSSR count). The number of pyridine rings is 2. The number of nitrogens with zero attached hydrogens (tertiary/aromatic N) is 4. The predicted molar refractivity (Wildman–Crippen MR) is 178 cm³/mol. The largest absolute Gasteiger partial charge is 0.456 e. The Balaban J connectivity index is 1.37. The van der Waals surface area contributed by atoms with Gasteiger partial charge < -0.3 is 4.74 Å². The Bertz CT molecular complexity index is 2710. The summed E-state index contributed by atoms with van der Waals surface area (Å²) in [6.45, 7) is 0. The molecule has 1 atom stereocenters. The fourth-order valence-electron chi connectivity index (χ4n) is 8.97. The Morgan fingerprint density at radius 2 is 1.15 bits per heavy atom. The van der Waals surface area contributed by atoms with Crippen LogP contribution in [0.4, 0.5) is 17.2 Å². The summed E-state index contributed by atoms with van der Waals surface area (Å²) in [6, 6.07) is 48.4. The van der Waals surface area contributed by atoms with Gasteiger partial charge in [-0.25, -0.2) is 0 Å². The van der Waals surface area contributed by atoms with Crippen molar-refractivity contribution in [2.45, 2.75) is 5.66 Å². The molecular weight excluding hydrogens is 564 g/mol. The molecule has 4 aliphatic rings. The summed E-state index contributed by atoms with van der Waals surface area (Å²) in [5.41, 5.74) is 11.1. The van der Waals surface area contributed by atoms with Gasteiger partial charge in [0.05, 0.1) is 12.4 Å². The van der Waals surface area contributed by atoms with Crippen molar-refractivity contribution in [1.29, 1.82) is 0 Å². The molecular formula is C41H24N4O+2. The van der Waals surface area contributed by atoms with E-state index in [1.165, 1.54) is 44.1 Å². The van der Waals surface area contributed by atoms with E-state index in [1.54, 1.807) is 0 Å². The first-order chi connectivity index (χ1) is 22.9. The van der Waals surface area contributed by atoms with Gasteiger partial charge in [-0.2, -0.15) is 18.6 Å². The number of hydrogen-bond donors (Lipinski definition) is 0. The fourth-order valence-corrected chi connectivity index (χ4v) is 8.97. The number of fused-ring (bicyclic) bond motifs is 12. The Morgan fingerprint density at radius 3 is 2.02 bits per heavy atom. The highest BCUT2D eigenvalue weighted by atomic mass is 16.5. The summed E-state index contributed by atoms with van der Waals surface area (Å²) >= 11 is 0. The van der Waals surface area contributed by atoms with Gasteiger partial charge in [0.1, 0.15) is 33.8 Å². The number of ether oxygens (including phenoxy) is 1. The van der Waals surface area contributed by atoms with Crippen LogP contribution in [-0.2, 0) is 5.66 Å². The minimum absolute atomic E-state index is 0.754. The zero-order valence-electron chi connectivity index (χ0n) is 24.6. The average Bonchev–Trinajstić information content (AvgIpc) is 3.40. The molecule has 0 saturated carbocycles. The van der Waals surface area contributed by atoms with Gasteiger partial charge in [0, 0.05) is 34.0 Å². The number of para-hydroxylation sites is 2. The van der Waals surface area contributed by atoms with Crippen molar-refractivity contribution >= 4 is 39.0 Å². The van der Waals surface area contributed by atoms with Gasteiger partial charge in [0.25, 0.3) is 11.6 Å². The lowest BCUT2D eigenvalue weighted by Crippen LogP contribution is -2.79. The summed E-state index contributed by atoms with van der Waals surface area (Å²) in [4.78, 5) is 2.47. The highest BCUT2D eigenvalue weighted by Gasteiger charge is 2.65. The van der Waals surface area contributed by atoms with Crippen LogP contribution >= 0.6 is 0 Å². The smallest absolute Gasteiger partial charge is 0.321 e. The van der Waals surface area contributed by atoms with E-state index in [0.29, 0.717) is 0 Å². The zero-order valence-corrected chi connectivity index (χ0v) is 24.6. The SMILES string of the molecule is c1ccc2c(c1)-c1ccccc1N1c3c-2ccc2c3C3(c4c(ccc5c6ccccc6n(c45)-c4cccc[n+]43)O2)[n+]2ccccc21. The van der Waals surface area contributed by atoms with E-state index in [0.717, 1.165) is 45.6 Å². The minimum Gasteiger partial charge on any atom is -0.456 e. The van der Waals surface area contributed by atoms with Gasteiger partial charge in [-0.3, -0.25) is 0 Å². The fraction of sp³-hybridized carbons (Fsp3) is 0.0244. The molecule has 3 aromatic heterocycles. The molecule has 212 valence electrons. The van der Waals surface area contributed by atoms with Crippen molar-refractivity contribution in [3.05, 3.63) is 157 Å². The molecule has 0 aliphatic carbocycles. The highest BCUT2D eigenvalue weighted by Crippen LogP contribution is 2.62. The topological polar surface area (TPSA) is 25.2 Å². The standard InChI is InChI=1S/C41H24N4O/c1-2-12-26-25(11-1)27-13-3-5-15-31(27)44-35-17-7-9-23-42(35)41-37-33(21-19-29(26)39(37)44)46-34-22-20-30-28-14-4-6-16-32(28)45(40(30)38(34)41)36-18-8-10-24-43(36)41/h1-24H/q+2. The molecule has 0 amide bonds. The summed E-state index contributed by atoms with van der Waals surface area (Å²) < 4.78 is 14.4. The third kappa shape index (κ3) is 2.38. The molecule has 0 saturated heterocycles. The van der Waals surface area contributed by atoms with Crippen LogP contribution in [0.5, 0.6) is 11.5 Å². The molecule has 5 heteroatoms. The van der Waals surface area contributed by atoms with E-state index < -0.39 is 5.66 Å².